The van der Waals surface area contributed by atoms with Crippen LogP contribution in [0.5, 0.6) is 0 Å². The van der Waals surface area contributed by atoms with Crippen LogP contribution < -0.4 is 5.32 Å². The van der Waals surface area contributed by atoms with Crippen molar-refractivity contribution in [2.75, 3.05) is 5.75 Å². The smallest absolute Gasteiger partial charge is 0.183 e. The summed E-state index contributed by atoms with van der Waals surface area (Å²) in [5.41, 5.74) is 0.628. The van der Waals surface area contributed by atoms with Crippen molar-refractivity contribution in [1.82, 2.24) is 5.32 Å². The van der Waals surface area contributed by atoms with E-state index in [1.807, 2.05) is 6.19 Å². The van der Waals surface area contributed by atoms with E-state index in [1.165, 1.54) is 23.9 Å². The summed E-state index contributed by atoms with van der Waals surface area (Å²) in [7, 11) is 0. The Kier molecular flexibility index (Phi) is 5.37. The van der Waals surface area contributed by atoms with Gasteiger partial charge in [0.2, 0.25) is 0 Å². The number of hydrogen-bond acceptors (Lipinski definition) is 3. The molecule has 0 unspecified atom stereocenters. The lowest BCUT2D eigenvalue weighted by Crippen LogP contribution is -2.13. The Morgan fingerprint density at radius 1 is 1.50 bits per heavy atom. The van der Waals surface area contributed by atoms with Gasteiger partial charge in [-0.15, -0.1) is 0 Å². The van der Waals surface area contributed by atoms with E-state index in [0.717, 1.165) is 12.2 Å². The Morgan fingerprint density at radius 2 is 2.19 bits per heavy atom. The summed E-state index contributed by atoms with van der Waals surface area (Å²) in [4.78, 5) is 4.21. The summed E-state index contributed by atoms with van der Waals surface area (Å²) < 4.78 is 12.7. The molecule has 3 nitrogen and oxygen atoms in total. The van der Waals surface area contributed by atoms with E-state index in [0.29, 0.717) is 10.9 Å². The van der Waals surface area contributed by atoms with Crippen LogP contribution in [0.25, 0.3) is 0 Å². The summed E-state index contributed by atoms with van der Waals surface area (Å²) in [5.74, 6) is 0.587. The molecule has 1 aromatic rings. The molecule has 0 saturated carbocycles. The van der Waals surface area contributed by atoms with Crippen molar-refractivity contribution < 1.29 is 4.39 Å². The van der Waals surface area contributed by atoms with Crippen LogP contribution in [0, 0.1) is 17.3 Å². The number of benzene rings is 1. The number of nitriles is 1. The lowest BCUT2D eigenvalue weighted by Gasteiger charge is -2.02. The molecular formula is C11H12FN3S. The van der Waals surface area contributed by atoms with E-state index < -0.39 is 0 Å². The highest BCUT2D eigenvalue weighted by atomic mass is 32.2. The number of hydrogen-bond donors (Lipinski definition) is 1. The summed E-state index contributed by atoms with van der Waals surface area (Å²) in [5, 5.41) is 11.6. The molecule has 0 aromatic heterocycles. The maximum Gasteiger partial charge on any atom is 0.183 e. The van der Waals surface area contributed by atoms with Crippen molar-refractivity contribution in [3.63, 3.8) is 0 Å². The predicted octanol–water partition coefficient (Wildman–Crippen LogP) is 3.03. The average molecular weight is 237 g/mol. The lowest BCUT2D eigenvalue weighted by atomic mass is 10.3. The Bertz CT molecular complexity index is 395. The number of aliphatic imine (C=N–C) groups is 1. The minimum absolute atomic E-state index is 0.296. The Hall–Kier alpha value is -1.54. The summed E-state index contributed by atoms with van der Waals surface area (Å²) >= 11 is 1.47. The van der Waals surface area contributed by atoms with Gasteiger partial charge in [0, 0.05) is 5.75 Å². The molecule has 1 rings (SSSR count). The SMILES string of the molecule is CCCSC(=Nc1ccc(F)cc1)NC#N. The fourth-order valence-electron chi connectivity index (χ4n) is 0.976. The molecule has 0 radical (unpaired) electrons. The first-order chi connectivity index (χ1) is 7.76. The first kappa shape index (κ1) is 12.5. The molecule has 0 saturated heterocycles. The number of thioether (sulfide) groups is 1. The molecule has 16 heavy (non-hydrogen) atoms. The fraction of sp³-hybridized carbons (Fsp3) is 0.273. The van der Waals surface area contributed by atoms with Gasteiger partial charge in [0.15, 0.2) is 11.4 Å². The van der Waals surface area contributed by atoms with Gasteiger partial charge >= 0.3 is 0 Å². The largest absolute Gasteiger partial charge is 0.271 e. The third-order valence-electron chi connectivity index (χ3n) is 1.66. The zero-order chi connectivity index (χ0) is 11.8. The Balaban J connectivity index is 2.76. The van der Waals surface area contributed by atoms with Gasteiger partial charge in [-0.25, -0.2) is 9.38 Å². The standard InChI is InChI=1S/C11H12FN3S/c1-2-7-16-11(14-8-13)15-10-5-3-9(12)4-6-10/h3-6H,2,7H2,1H3,(H,14,15). The van der Waals surface area contributed by atoms with Crippen molar-refractivity contribution in [3.05, 3.63) is 30.1 Å². The van der Waals surface area contributed by atoms with Crippen molar-refractivity contribution in [1.29, 1.82) is 5.26 Å². The summed E-state index contributed by atoms with van der Waals surface area (Å²) in [6.07, 6.45) is 2.83. The molecule has 0 atom stereocenters. The van der Waals surface area contributed by atoms with Crippen LogP contribution in [0.3, 0.4) is 0 Å². The van der Waals surface area contributed by atoms with E-state index in [1.54, 1.807) is 12.1 Å². The molecule has 0 fully saturated rings. The van der Waals surface area contributed by atoms with Crippen molar-refractivity contribution in [2.45, 2.75) is 13.3 Å². The second-order valence-corrected chi connectivity index (χ2v) is 4.06. The maximum absolute atomic E-state index is 12.7. The van der Waals surface area contributed by atoms with Gasteiger partial charge in [-0.1, -0.05) is 18.7 Å². The number of amidine groups is 1. The third kappa shape index (κ3) is 4.32. The van der Waals surface area contributed by atoms with Gasteiger partial charge < -0.3 is 0 Å². The molecule has 0 spiro atoms. The van der Waals surface area contributed by atoms with Crippen LogP contribution >= 0.6 is 11.8 Å². The molecule has 1 aromatic carbocycles. The highest BCUT2D eigenvalue weighted by Crippen LogP contribution is 2.15. The van der Waals surface area contributed by atoms with Crippen molar-refractivity contribution in [3.8, 4) is 6.19 Å². The topological polar surface area (TPSA) is 48.2 Å². The molecule has 84 valence electrons. The van der Waals surface area contributed by atoms with Gasteiger partial charge in [0.25, 0.3) is 0 Å². The van der Waals surface area contributed by atoms with Gasteiger partial charge in [-0.3, -0.25) is 5.32 Å². The molecular weight excluding hydrogens is 225 g/mol. The van der Waals surface area contributed by atoms with E-state index in [-0.39, 0.29) is 5.82 Å². The van der Waals surface area contributed by atoms with Crippen molar-refractivity contribution >= 4 is 22.6 Å². The van der Waals surface area contributed by atoms with Gasteiger partial charge in [0.05, 0.1) is 5.69 Å². The van der Waals surface area contributed by atoms with E-state index >= 15 is 0 Å². The average Bonchev–Trinajstić information content (AvgIpc) is 2.29. The summed E-state index contributed by atoms with van der Waals surface area (Å²) in [6, 6.07) is 5.82. The molecule has 0 aliphatic heterocycles. The minimum Gasteiger partial charge on any atom is -0.271 e. The van der Waals surface area contributed by atoms with Crippen LogP contribution in [0.2, 0.25) is 0 Å². The number of rotatable bonds is 3. The lowest BCUT2D eigenvalue weighted by molar-refractivity contribution is 0.628. The molecule has 5 heteroatoms. The van der Waals surface area contributed by atoms with Crippen LogP contribution in [-0.2, 0) is 0 Å². The number of halogens is 1. The van der Waals surface area contributed by atoms with E-state index in [4.69, 9.17) is 5.26 Å². The first-order valence-electron chi connectivity index (χ1n) is 4.88. The van der Waals surface area contributed by atoms with Gasteiger partial charge in [-0.2, -0.15) is 5.26 Å². The number of nitrogens with zero attached hydrogens (tertiary/aromatic N) is 2. The predicted molar refractivity (Wildman–Crippen MR) is 65.0 cm³/mol. The van der Waals surface area contributed by atoms with Crippen LogP contribution in [0.4, 0.5) is 10.1 Å². The molecule has 1 N–H and O–H groups in total. The van der Waals surface area contributed by atoms with Gasteiger partial charge in [-0.05, 0) is 30.7 Å². The van der Waals surface area contributed by atoms with E-state index in [2.05, 4.69) is 17.2 Å². The zero-order valence-corrected chi connectivity index (χ0v) is 9.72. The van der Waals surface area contributed by atoms with Gasteiger partial charge in [0.1, 0.15) is 5.82 Å². The maximum atomic E-state index is 12.7. The normalized spacial score (nSPS) is 10.9. The van der Waals surface area contributed by atoms with Crippen LogP contribution in [0.1, 0.15) is 13.3 Å². The monoisotopic (exact) mass is 237 g/mol. The third-order valence-corrected chi connectivity index (χ3v) is 2.74. The molecule has 0 aliphatic rings. The second-order valence-electron chi connectivity index (χ2n) is 2.98. The molecule has 0 bridgehead atoms. The first-order valence-corrected chi connectivity index (χ1v) is 5.87. The second kappa shape index (κ2) is 6.85. The highest BCUT2D eigenvalue weighted by Gasteiger charge is 1.99. The zero-order valence-electron chi connectivity index (χ0n) is 8.90. The summed E-state index contributed by atoms with van der Waals surface area (Å²) in [6.45, 7) is 2.05. The Morgan fingerprint density at radius 3 is 2.75 bits per heavy atom. The molecule has 0 heterocycles. The van der Waals surface area contributed by atoms with Crippen LogP contribution in [-0.4, -0.2) is 10.9 Å². The minimum atomic E-state index is -0.296. The Labute approximate surface area is 98.4 Å². The molecule has 0 aliphatic carbocycles. The quantitative estimate of drug-likeness (QED) is 0.380. The highest BCUT2D eigenvalue weighted by molar-refractivity contribution is 8.13. The van der Waals surface area contributed by atoms with E-state index in [9.17, 15) is 4.39 Å². The number of nitrogens with one attached hydrogen (secondary N) is 1. The van der Waals surface area contributed by atoms with Crippen LogP contribution in [0.15, 0.2) is 29.3 Å². The molecule has 0 amide bonds. The van der Waals surface area contributed by atoms with Crippen molar-refractivity contribution in [2.24, 2.45) is 4.99 Å². The fourth-order valence-corrected chi connectivity index (χ4v) is 1.66.